The van der Waals surface area contributed by atoms with Gasteiger partial charge in [0.05, 0.1) is 13.0 Å². The Labute approximate surface area is 89.0 Å². The van der Waals surface area contributed by atoms with Crippen molar-refractivity contribution in [3.05, 3.63) is 42.5 Å². The fourth-order valence-corrected chi connectivity index (χ4v) is 1.14. The lowest BCUT2D eigenvalue weighted by Crippen LogP contribution is -2.00. The summed E-state index contributed by atoms with van der Waals surface area (Å²) in [5, 5.41) is 8.57. The van der Waals surface area contributed by atoms with Crippen LogP contribution in [-0.4, -0.2) is 17.7 Å². The monoisotopic (exact) mass is 206 g/mol. The molecule has 0 amide bonds. The van der Waals surface area contributed by atoms with Crippen molar-refractivity contribution >= 4 is 5.97 Å². The molecule has 0 aliphatic rings. The van der Waals surface area contributed by atoms with E-state index in [4.69, 9.17) is 9.84 Å². The third kappa shape index (κ3) is 4.31. The summed E-state index contributed by atoms with van der Waals surface area (Å²) in [6, 6.07) is 7.08. The minimum Gasteiger partial charge on any atom is -0.493 e. The van der Waals surface area contributed by atoms with Crippen molar-refractivity contribution in [1.82, 2.24) is 0 Å². The van der Waals surface area contributed by atoms with Crippen LogP contribution in [0.5, 0.6) is 5.75 Å². The second-order valence-electron chi connectivity index (χ2n) is 3.14. The smallest absolute Gasteiger partial charge is 0.307 e. The standard InChI is InChI=1S/C12H14O3/c1-2-3-8-15-11-6-4-10(5-7-11)9-12(13)14/h2,4-7H,1,3,8-9H2,(H,13,14). The summed E-state index contributed by atoms with van der Waals surface area (Å²) < 4.78 is 5.39. The van der Waals surface area contributed by atoms with Crippen LogP contribution in [0.1, 0.15) is 12.0 Å². The van der Waals surface area contributed by atoms with Crippen molar-refractivity contribution in [2.24, 2.45) is 0 Å². The van der Waals surface area contributed by atoms with Crippen LogP contribution in [0, 0.1) is 0 Å². The van der Waals surface area contributed by atoms with Gasteiger partial charge < -0.3 is 9.84 Å². The molecule has 0 aliphatic heterocycles. The van der Waals surface area contributed by atoms with E-state index >= 15 is 0 Å². The first-order valence-corrected chi connectivity index (χ1v) is 4.77. The molecule has 0 spiro atoms. The number of benzene rings is 1. The Morgan fingerprint density at radius 3 is 2.60 bits per heavy atom. The molecule has 0 atom stereocenters. The van der Waals surface area contributed by atoms with Gasteiger partial charge in [-0.05, 0) is 24.1 Å². The van der Waals surface area contributed by atoms with Gasteiger partial charge in [0.2, 0.25) is 0 Å². The van der Waals surface area contributed by atoms with Gasteiger partial charge in [-0.25, -0.2) is 0 Å². The molecule has 0 saturated heterocycles. The Morgan fingerprint density at radius 2 is 2.07 bits per heavy atom. The van der Waals surface area contributed by atoms with Gasteiger partial charge in [0.1, 0.15) is 5.75 Å². The van der Waals surface area contributed by atoms with Crippen LogP contribution >= 0.6 is 0 Å². The van der Waals surface area contributed by atoms with Gasteiger partial charge in [-0.3, -0.25) is 4.79 Å². The number of carbonyl (C=O) groups is 1. The van der Waals surface area contributed by atoms with Gasteiger partial charge in [0.15, 0.2) is 0 Å². The van der Waals surface area contributed by atoms with Crippen LogP contribution in [0.2, 0.25) is 0 Å². The number of carboxylic acids is 1. The molecule has 1 aromatic rings. The molecule has 1 aromatic carbocycles. The van der Waals surface area contributed by atoms with E-state index < -0.39 is 5.97 Å². The number of hydrogen-bond acceptors (Lipinski definition) is 2. The molecule has 0 heterocycles. The molecule has 0 radical (unpaired) electrons. The van der Waals surface area contributed by atoms with E-state index in [2.05, 4.69) is 6.58 Å². The predicted octanol–water partition coefficient (Wildman–Crippen LogP) is 2.27. The second kappa shape index (κ2) is 5.86. The summed E-state index contributed by atoms with van der Waals surface area (Å²) in [6.07, 6.45) is 2.64. The van der Waals surface area contributed by atoms with Crippen LogP contribution in [0.4, 0.5) is 0 Å². The van der Waals surface area contributed by atoms with Crippen molar-refractivity contribution in [3.63, 3.8) is 0 Å². The molecule has 1 N–H and O–H groups in total. The molecule has 3 heteroatoms. The maximum atomic E-state index is 10.4. The van der Waals surface area contributed by atoms with E-state index in [0.29, 0.717) is 6.61 Å². The zero-order valence-electron chi connectivity index (χ0n) is 8.48. The van der Waals surface area contributed by atoms with E-state index in [1.165, 1.54) is 0 Å². The lowest BCUT2D eigenvalue weighted by Gasteiger charge is -2.04. The highest BCUT2D eigenvalue weighted by Gasteiger charge is 2.00. The van der Waals surface area contributed by atoms with Crippen LogP contribution in [-0.2, 0) is 11.2 Å². The largest absolute Gasteiger partial charge is 0.493 e. The van der Waals surface area contributed by atoms with Crippen molar-refractivity contribution in [1.29, 1.82) is 0 Å². The average molecular weight is 206 g/mol. The molecule has 15 heavy (non-hydrogen) atoms. The van der Waals surface area contributed by atoms with Crippen molar-refractivity contribution in [2.75, 3.05) is 6.61 Å². The molecule has 80 valence electrons. The first kappa shape index (κ1) is 11.3. The minimum atomic E-state index is -0.824. The Balaban J connectivity index is 2.48. The van der Waals surface area contributed by atoms with Gasteiger partial charge in [-0.1, -0.05) is 18.2 Å². The average Bonchev–Trinajstić information content (AvgIpc) is 2.20. The van der Waals surface area contributed by atoms with Crippen LogP contribution in [0.15, 0.2) is 36.9 Å². The summed E-state index contributed by atoms with van der Waals surface area (Å²) in [7, 11) is 0. The quantitative estimate of drug-likeness (QED) is 0.573. The van der Waals surface area contributed by atoms with E-state index in [9.17, 15) is 4.79 Å². The topological polar surface area (TPSA) is 46.5 Å². The highest BCUT2D eigenvalue weighted by molar-refractivity contribution is 5.70. The van der Waals surface area contributed by atoms with Crippen LogP contribution < -0.4 is 4.74 Å². The Morgan fingerprint density at radius 1 is 1.40 bits per heavy atom. The van der Waals surface area contributed by atoms with Gasteiger partial charge in [-0.15, -0.1) is 6.58 Å². The van der Waals surface area contributed by atoms with E-state index in [-0.39, 0.29) is 6.42 Å². The van der Waals surface area contributed by atoms with E-state index in [1.54, 1.807) is 30.3 Å². The minimum absolute atomic E-state index is 0.0485. The molecule has 0 saturated carbocycles. The third-order valence-electron chi connectivity index (χ3n) is 1.87. The van der Waals surface area contributed by atoms with Crippen molar-refractivity contribution < 1.29 is 14.6 Å². The number of ether oxygens (including phenoxy) is 1. The van der Waals surface area contributed by atoms with Crippen molar-refractivity contribution in [2.45, 2.75) is 12.8 Å². The number of carboxylic acid groups (broad SMARTS) is 1. The SMILES string of the molecule is C=CCCOc1ccc(CC(=O)O)cc1. The summed E-state index contributed by atoms with van der Waals surface area (Å²) in [5.74, 6) is -0.0682. The number of hydrogen-bond donors (Lipinski definition) is 1. The summed E-state index contributed by atoms with van der Waals surface area (Å²) in [4.78, 5) is 10.4. The predicted molar refractivity (Wildman–Crippen MR) is 58.1 cm³/mol. The first-order chi connectivity index (χ1) is 7.22. The second-order valence-corrected chi connectivity index (χ2v) is 3.14. The van der Waals surface area contributed by atoms with Gasteiger partial charge in [0.25, 0.3) is 0 Å². The number of aliphatic carboxylic acids is 1. The van der Waals surface area contributed by atoms with E-state index in [0.717, 1.165) is 17.7 Å². The molecular weight excluding hydrogens is 192 g/mol. The Kier molecular flexibility index (Phi) is 4.41. The summed E-state index contributed by atoms with van der Waals surface area (Å²) in [6.45, 7) is 4.19. The number of rotatable bonds is 6. The Bertz CT molecular complexity index is 327. The molecule has 1 rings (SSSR count). The van der Waals surface area contributed by atoms with Gasteiger partial charge in [-0.2, -0.15) is 0 Å². The summed E-state index contributed by atoms with van der Waals surface area (Å²) in [5.41, 5.74) is 0.776. The lowest BCUT2D eigenvalue weighted by atomic mass is 10.1. The maximum absolute atomic E-state index is 10.4. The molecule has 0 fully saturated rings. The van der Waals surface area contributed by atoms with Crippen LogP contribution in [0.3, 0.4) is 0 Å². The molecule has 0 aliphatic carbocycles. The van der Waals surface area contributed by atoms with Gasteiger partial charge >= 0.3 is 5.97 Å². The van der Waals surface area contributed by atoms with E-state index in [1.807, 2.05) is 0 Å². The zero-order chi connectivity index (χ0) is 11.1. The molecular formula is C12H14O3. The first-order valence-electron chi connectivity index (χ1n) is 4.77. The molecule has 0 bridgehead atoms. The molecule has 0 unspecified atom stereocenters. The zero-order valence-corrected chi connectivity index (χ0v) is 8.48. The summed E-state index contributed by atoms with van der Waals surface area (Å²) >= 11 is 0. The fourth-order valence-electron chi connectivity index (χ4n) is 1.14. The lowest BCUT2D eigenvalue weighted by molar-refractivity contribution is -0.136. The van der Waals surface area contributed by atoms with Crippen molar-refractivity contribution in [3.8, 4) is 5.75 Å². The van der Waals surface area contributed by atoms with Gasteiger partial charge in [0, 0.05) is 0 Å². The maximum Gasteiger partial charge on any atom is 0.307 e. The Hall–Kier alpha value is -1.77. The highest BCUT2D eigenvalue weighted by Crippen LogP contribution is 2.12. The normalized spacial score (nSPS) is 9.60. The highest BCUT2D eigenvalue weighted by atomic mass is 16.5. The third-order valence-corrected chi connectivity index (χ3v) is 1.87. The van der Waals surface area contributed by atoms with Crippen LogP contribution in [0.25, 0.3) is 0 Å². The molecule has 0 aromatic heterocycles. The fraction of sp³-hybridized carbons (Fsp3) is 0.250. The molecule has 3 nitrogen and oxygen atoms in total.